The standard InChI is InChI=1S/C16H13NOS/c1-3-12-5-4-6-14(11-12)17-16(18)13-7-9-15(19-2)10-8-13/h1,4-11H,2H3,(H,17,18). The lowest BCUT2D eigenvalue weighted by atomic mass is 10.2. The average Bonchev–Trinajstić information content (AvgIpc) is 2.47. The second-order valence-corrected chi connectivity index (χ2v) is 4.79. The number of rotatable bonds is 3. The Labute approximate surface area is 117 Å². The molecule has 2 rings (SSSR count). The summed E-state index contributed by atoms with van der Waals surface area (Å²) in [5.74, 6) is 2.40. The highest BCUT2D eigenvalue weighted by molar-refractivity contribution is 7.98. The Morgan fingerprint density at radius 1 is 1.21 bits per heavy atom. The highest BCUT2D eigenvalue weighted by atomic mass is 32.2. The molecule has 0 unspecified atom stereocenters. The van der Waals surface area contributed by atoms with E-state index in [1.807, 2.05) is 48.7 Å². The molecule has 19 heavy (non-hydrogen) atoms. The molecule has 0 atom stereocenters. The van der Waals surface area contributed by atoms with Crippen LogP contribution in [-0.2, 0) is 0 Å². The van der Waals surface area contributed by atoms with Crippen LogP contribution in [0.1, 0.15) is 15.9 Å². The molecule has 0 bridgehead atoms. The molecule has 0 aliphatic rings. The van der Waals surface area contributed by atoms with Crippen molar-refractivity contribution >= 4 is 23.4 Å². The predicted octanol–water partition coefficient (Wildman–Crippen LogP) is 3.64. The van der Waals surface area contributed by atoms with Crippen molar-refractivity contribution in [3.63, 3.8) is 0 Å². The third-order valence-corrected chi connectivity index (χ3v) is 3.38. The summed E-state index contributed by atoms with van der Waals surface area (Å²) >= 11 is 1.64. The van der Waals surface area contributed by atoms with E-state index in [4.69, 9.17) is 6.42 Å². The largest absolute Gasteiger partial charge is 0.322 e. The van der Waals surface area contributed by atoms with Gasteiger partial charge in [-0.25, -0.2) is 0 Å². The van der Waals surface area contributed by atoms with Gasteiger partial charge in [-0.1, -0.05) is 12.0 Å². The fourth-order valence-corrected chi connectivity index (χ4v) is 2.04. The summed E-state index contributed by atoms with van der Waals surface area (Å²) in [6.45, 7) is 0. The van der Waals surface area contributed by atoms with E-state index in [1.165, 1.54) is 0 Å². The normalized spacial score (nSPS) is 9.68. The van der Waals surface area contributed by atoms with Crippen LogP contribution in [-0.4, -0.2) is 12.2 Å². The van der Waals surface area contributed by atoms with Crippen molar-refractivity contribution in [3.05, 3.63) is 59.7 Å². The third-order valence-electron chi connectivity index (χ3n) is 2.64. The number of nitrogens with one attached hydrogen (secondary N) is 1. The summed E-state index contributed by atoms with van der Waals surface area (Å²) in [4.78, 5) is 13.2. The molecule has 1 amide bonds. The molecule has 2 nitrogen and oxygen atoms in total. The van der Waals surface area contributed by atoms with Crippen molar-refractivity contribution < 1.29 is 4.79 Å². The number of thioether (sulfide) groups is 1. The molecule has 2 aromatic carbocycles. The minimum Gasteiger partial charge on any atom is -0.322 e. The molecule has 2 aromatic rings. The number of benzene rings is 2. The first-order chi connectivity index (χ1) is 9.22. The van der Waals surface area contributed by atoms with Gasteiger partial charge >= 0.3 is 0 Å². The lowest BCUT2D eigenvalue weighted by Crippen LogP contribution is -2.11. The van der Waals surface area contributed by atoms with E-state index in [1.54, 1.807) is 17.8 Å². The molecule has 0 heterocycles. The van der Waals surface area contributed by atoms with Crippen molar-refractivity contribution in [2.24, 2.45) is 0 Å². The number of hydrogen-bond donors (Lipinski definition) is 1. The van der Waals surface area contributed by atoms with Crippen molar-refractivity contribution in [1.82, 2.24) is 0 Å². The summed E-state index contributed by atoms with van der Waals surface area (Å²) < 4.78 is 0. The number of carbonyl (C=O) groups excluding carboxylic acids is 1. The van der Waals surface area contributed by atoms with E-state index in [2.05, 4.69) is 11.2 Å². The molecular weight excluding hydrogens is 254 g/mol. The second-order valence-electron chi connectivity index (χ2n) is 3.91. The molecule has 0 aliphatic carbocycles. The lowest BCUT2D eigenvalue weighted by Gasteiger charge is -2.06. The van der Waals surface area contributed by atoms with Crippen molar-refractivity contribution in [3.8, 4) is 12.3 Å². The first-order valence-electron chi connectivity index (χ1n) is 5.75. The second kappa shape index (κ2) is 6.12. The summed E-state index contributed by atoms with van der Waals surface area (Å²) in [6, 6.07) is 14.7. The van der Waals surface area contributed by atoms with Crippen molar-refractivity contribution in [1.29, 1.82) is 0 Å². The topological polar surface area (TPSA) is 29.1 Å². The molecule has 0 saturated carbocycles. The molecule has 1 N–H and O–H groups in total. The zero-order valence-corrected chi connectivity index (χ0v) is 11.3. The van der Waals surface area contributed by atoms with Gasteiger partial charge in [-0.15, -0.1) is 18.2 Å². The highest BCUT2D eigenvalue weighted by Crippen LogP contribution is 2.16. The molecule has 0 saturated heterocycles. The Bertz CT molecular complexity index is 626. The first kappa shape index (κ1) is 13.3. The van der Waals surface area contributed by atoms with Gasteiger partial charge in [0.2, 0.25) is 0 Å². The van der Waals surface area contributed by atoms with Gasteiger partial charge in [-0.2, -0.15) is 0 Å². The van der Waals surface area contributed by atoms with Crippen LogP contribution in [0, 0.1) is 12.3 Å². The van der Waals surface area contributed by atoms with Gasteiger partial charge in [0.25, 0.3) is 5.91 Å². The van der Waals surface area contributed by atoms with Gasteiger partial charge in [0.05, 0.1) is 0 Å². The molecule has 0 fully saturated rings. The summed E-state index contributed by atoms with van der Waals surface area (Å²) in [7, 11) is 0. The molecule has 94 valence electrons. The average molecular weight is 267 g/mol. The van der Waals surface area contributed by atoms with Gasteiger partial charge in [-0.3, -0.25) is 4.79 Å². The maximum absolute atomic E-state index is 12.0. The fraction of sp³-hybridized carbons (Fsp3) is 0.0625. The molecule has 0 aliphatic heterocycles. The Hall–Kier alpha value is -2.18. The van der Waals surface area contributed by atoms with E-state index >= 15 is 0 Å². The van der Waals surface area contributed by atoms with Crippen LogP contribution >= 0.6 is 11.8 Å². The molecule has 3 heteroatoms. The van der Waals surface area contributed by atoms with Gasteiger partial charge in [0.15, 0.2) is 0 Å². The van der Waals surface area contributed by atoms with E-state index in [0.717, 1.165) is 10.5 Å². The summed E-state index contributed by atoms with van der Waals surface area (Å²) in [5, 5.41) is 2.83. The molecule has 0 spiro atoms. The third kappa shape index (κ3) is 3.40. The van der Waals surface area contributed by atoms with Crippen LogP contribution in [0.2, 0.25) is 0 Å². The minimum atomic E-state index is -0.137. The Morgan fingerprint density at radius 2 is 1.95 bits per heavy atom. The smallest absolute Gasteiger partial charge is 0.255 e. The summed E-state index contributed by atoms with van der Waals surface area (Å²) in [5.41, 5.74) is 2.08. The van der Waals surface area contributed by atoms with Crippen molar-refractivity contribution in [2.75, 3.05) is 11.6 Å². The molecule has 0 radical (unpaired) electrons. The van der Waals surface area contributed by atoms with Gasteiger partial charge < -0.3 is 5.32 Å². The monoisotopic (exact) mass is 267 g/mol. The van der Waals surface area contributed by atoms with E-state index < -0.39 is 0 Å². The number of anilines is 1. The Kier molecular flexibility index (Phi) is 4.27. The Balaban J connectivity index is 2.13. The first-order valence-corrected chi connectivity index (χ1v) is 6.97. The van der Waals surface area contributed by atoms with E-state index in [9.17, 15) is 4.79 Å². The lowest BCUT2D eigenvalue weighted by molar-refractivity contribution is 0.102. The van der Waals surface area contributed by atoms with Gasteiger partial charge in [-0.05, 0) is 48.7 Å². The van der Waals surface area contributed by atoms with Crippen LogP contribution in [0.15, 0.2) is 53.4 Å². The summed E-state index contributed by atoms with van der Waals surface area (Å²) in [6.07, 6.45) is 7.33. The predicted molar refractivity (Wildman–Crippen MR) is 80.6 cm³/mol. The van der Waals surface area contributed by atoms with Crippen LogP contribution in [0.5, 0.6) is 0 Å². The number of carbonyl (C=O) groups is 1. The van der Waals surface area contributed by atoms with Crippen LogP contribution in [0.3, 0.4) is 0 Å². The maximum Gasteiger partial charge on any atom is 0.255 e. The molecule has 0 aromatic heterocycles. The van der Waals surface area contributed by atoms with Crippen LogP contribution in [0.25, 0.3) is 0 Å². The maximum atomic E-state index is 12.0. The minimum absolute atomic E-state index is 0.137. The quantitative estimate of drug-likeness (QED) is 0.679. The van der Waals surface area contributed by atoms with Crippen LogP contribution in [0.4, 0.5) is 5.69 Å². The Morgan fingerprint density at radius 3 is 2.58 bits per heavy atom. The zero-order chi connectivity index (χ0) is 13.7. The van der Waals surface area contributed by atoms with Crippen molar-refractivity contribution in [2.45, 2.75) is 4.90 Å². The van der Waals surface area contributed by atoms with Gasteiger partial charge in [0.1, 0.15) is 0 Å². The number of hydrogen-bond acceptors (Lipinski definition) is 2. The van der Waals surface area contributed by atoms with Crippen LogP contribution < -0.4 is 5.32 Å². The fourth-order valence-electron chi connectivity index (χ4n) is 1.63. The highest BCUT2D eigenvalue weighted by Gasteiger charge is 2.05. The molecular formula is C16H13NOS. The SMILES string of the molecule is C#Cc1cccc(NC(=O)c2ccc(SC)cc2)c1. The van der Waals surface area contributed by atoms with Gasteiger partial charge in [0, 0.05) is 21.7 Å². The van der Waals surface area contributed by atoms with E-state index in [-0.39, 0.29) is 5.91 Å². The van der Waals surface area contributed by atoms with E-state index in [0.29, 0.717) is 11.3 Å². The number of amides is 1. The zero-order valence-electron chi connectivity index (χ0n) is 10.5. The number of terminal acetylenes is 1.